The molecule has 0 radical (unpaired) electrons. The first kappa shape index (κ1) is 12.7. The molecule has 0 unspecified atom stereocenters. The average molecular weight is 267 g/mol. The minimum atomic E-state index is -0.247. The van der Waals surface area contributed by atoms with E-state index in [-0.39, 0.29) is 11.3 Å². The molecule has 4 heteroatoms. The quantitative estimate of drug-likeness (QED) is 0.894. The lowest BCUT2D eigenvalue weighted by atomic mass is 9.95. The molecule has 3 rings (SSSR count). The molecule has 20 heavy (non-hydrogen) atoms. The van der Waals surface area contributed by atoms with E-state index >= 15 is 0 Å². The Balaban J connectivity index is 1.69. The average Bonchev–Trinajstić information content (AvgIpc) is 3.23. The zero-order valence-corrected chi connectivity index (χ0v) is 11.2. The van der Waals surface area contributed by atoms with Crippen LogP contribution in [0.5, 0.6) is 0 Å². The van der Waals surface area contributed by atoms with E-state index in [9.17, 15) is 4.79 Å². The second kappa shape index (κ2) is 4.96. The molecule has 0 atom stereocenters. The van der Waals surface area contributed by atoms with Crippen LogP contribution < -0.4 is 11.1 Å². The van der Waals surface area contributed by atoms with Crippen molar-refractivity contribution in [2.45, 2.75) is 19.3 Å². The second-order valence-electron chi connectivity index (χ2n) is 5.37. The third-order valence-electron chi connectivity index (χ3n) is 3.76. The van der Waals surface area contributed by atoms with Crippen LogP contribution >= 0.6 is 0 Å². The second-order valence-corrected chi connectivity index (χ2v) is 5.37. The number of hydrogen-bond acceptors (Lipinski definition) is 3. The monoisotopic (exact) mass is 267 g/mol. The van der Waals surface area contributed by atoms with E-state index in [1.807, 2.05) is 18.2 Å². The number of pyridine rings is 1. The molecule has 1 heterocycles. The highest BCUT2D eigenvalue weighted by atomic mass is 16.2. The fraction of sp³-hybridized carbons (Fsp3) is 0.250. The fourth-order valence-corrected chi connectivity index (χ4v) is 2.36. The third kappa shape index (κ3) is 2.64. The molecule has 1 fully saturated rings. The van der Waals surface area contributed by atoms with Crippen molar-refractivity contribution in [2.24, 2.45) is 5.41 Å². The van der Waals surface area contributed by atoms with Crippen LogP contribution in [0.2, 0.25) is 0 Å². The minimum Gasteiger partial charge on any atom is -0.384 e. The van der Waals surface area contributed by atoms with Gasteiger partial charge in [0.25, 0.3) is 0 Å². The van der Waals surface area contributed by atoms with Gasteiger partial charge < -0.3 is 11.1 Å². The summed E-state index contributed by atoms with van der Waals surface area (Å²) in [6.45, 7) is 0. The zero-order chi connectivity index (χ0) is 14.0. The topological polar surface area (TPSA) is 68.0 Å². The molecule has 0 spiro atoms. The van der Waals surface area contributed by atoms with E-state index in [1.54, 1.807) is 18.3 Å². The maximum atomic E-state index is 12.4. The number of nitrogen functional groups attached to an aromatic ring is 1. The summed E-state index contributed by atoms with van der Waals surface area (Å²) in [5.74, 6) is 0.529. The van der Waals surface area contributed by atoms with Gasteiger partial charge >= 0.3 is 0 Å². The first-order chi connectivity index (χ1) is 9.68. The number of aromatic nitrogens is 1. The first-order valence-corrected chi connectivity index (χ1v) is 6.75. The highest BCUT2D eigenvalue weighted by Crippen LogP contribution is 2.49. The Bertz CT molecular complexity index is 603. The lowest BCUT2D eigenvalue weighted by molar-refractivity contribution is -0.121. The van der Waals surface area contributed by atoms with Gasteiger partial charge in [-0.25, -0.2) is 4.98 Å². The lowest BCUT2D eigenvalue weighted by Crippen LogP contribution is -2.26. The summed E-state index contributed by atoms with van der Waals surface area (Å²) in [5.41, 5.74) is 7.19. The third-order valence-corrected chi connectivity index (χ3v) is 3.76. The van der Waals surface area contributed by atoms with Crippen LogP contribution in [0.25, 0.3) is 0 Å². The Kier molecular flexibility index (Phi) is 3.14. The number of anilines is 2. The normalized spacial score (nSPS) is 15.6. The molecule has 1 aromatic carbocycles. The van der Waals surface area contributed by atoms with Crippen molar-refractivity contribution in [3.8, 4) is 0 Å². The minimum absolute atomic E-state index is 0.0768. The molecule has 0 aliphatic heterocycles. The number of amides is 1. The van der Waals surface area contributed by atoms with E-state index in [1.165, 1.54) is 5.56 Å². The SMILES string of the molecule is Nc1ccc(NC(=O)C2(Cc3ccccc3)CC2)cn1. The lowest BCUT2D eigenvalue weighted by Gasteiger charge is -2.15. The largest absolute Gasteiger partial charge is 0.384 e. The predicted molar refractivity (Wildman–Crippen MR) is 79.1 cm³/mol. The van der Waals surface area contributed by atoms with E-state index in [4.69, 9.17) is 5.73 Å². The fourth-order valence-electron chi connectivity index (χ4n) is 2.36. The van der Waals surface area contributed by atoms with Crippen LogP contribution in [0.4, 0.5) is 11.5 Å². The number of nitrogens with zero attached hydrogens (tertiary/aromatic N) is 1. The van der Waals surface area contributed by atoms with Gasteiger partial charge in [-0.1, -0.05) is 30.3 Å². The Morgan fingerprint density at radius 3 is 2.55 bits per heavy atom. The van der Waals surface area contributed by atoms with Gasteiger partial charge in [-0.3, -0.25) is 4.79 Å². The standard InChI is InChI=1S/C16H17N3O/c17-14-7-6-13(11-18-14)19-15(20)16(8-9-16)10-12-4-2-1-3-5-12/h1-7,11H,8-10H2,(H2,17,18)(H,19,20). The summed E-state index contributed by atoms with van der Waals surface area (Å²) in [4.78, 5) is 16.4. The van der Waals surface area contributed by atoms with Crippen molar-refractivity contribution in [1.82, 2.24) is 4.98 Å². The molecular formula is C16H17N3O. The van der Waals surface area contributed by atoms with Crippen LogP contribution in [0.15, 0.2) is 48.7 Å². The molecule has 4 nitrogen and oxygen atoms in total. The molecule has 0 saturated heterocycles. The zero-order valence-electron chi connectivity index (χ0n) is 11.2. The van der Waals surface area contributed by atoms with Crippen LogP contribution in [0.1, 0.15) is 18.4 Å². The van der Waals surface area contributed by atoms with Gasteiger partial charge in [-0.15, -0.1) is 0 Å². The molecule has 1 aromatic heterocycles. The Hall–Kier alpha value is -2.36. The molecule has 1 saturated carbocycles. The van der Waals surface area contributed by atoms with Crippen molar-refractivity contribution in [3.05, 3.63) is 54.2 Å². The molecule has 1 aliphatic rings. The van der Waals surface area contributed by atoms with Gasteiger partial charge in [0.1, 0.15) is 5.82 Å². The summed E-state index contributed by atoms with van der Waals surface area (Å²) in [6.07, 6.45) is 4.26. The molecule has 102 valence electrons. The highest BCUT2D eigenvalue weighted by Gasteiger charge is 2.49. The maximum Gasteiger partial charge on any atom is 0.230 e. The van der Waals surface area contributed by atoms with Crippen LogP contribution in [-0.2, 0) is 11.2 Å². The van der Waals surface area contributed by atoms with Crippen molar-refractivity contribution < 1.29 is 4.79 Å². The van der Waals surface area contributed by atoms with Gasteiger partial charge in [0.05, 0.1) is 17.3 Å². The highest BCUT2D eigenvalue weighted by molar-refractivity contribution is 5.97. The number of nitrogens with one attached hydrogen (secondary N) is 1. The predicted octanol–water partition coefficient (Wildman–Crippen LogP) is 2.63. The smallest absolute Gasteiger partial charge is 0.230 e. The van der Waals surface area contributed by atoms with E-state index in [2.05, 4.69) is 22.4 Å². The molecule has 1 aliphatic carbocycles. The number of carbonyl (C=O) groups excluding carboxylic acids is 1. The van der Waals surface area contributed by atoms with Crippen molar-refractivity contribution in [1.29, 1.82) is 0 Å². The number of hydrogen-bond donors (Lipinski definition) is 2. The number of benzene rings is 1. The van der Waals surface area contributed by atoms with Crippen LogP contribution in [-0.4, -0.2) is 10.9 Å². The number of carbonyl (C=O) groups is 1. The molecular weight excluding hydrogens is 250 g/mol. The Labute approximate surface area is 118 Å². The van der Waals surface area contributed by atoms with Crippen LogP contribution in [0, 0.1) is 5.41 Å². The Morgan fingerprint density at radius 1 is 1.20 bits per heavy atom. The summed E-state index contributed by atoms with van der Waals surface area (Å²) >= 11 is 0. The van der Waals surface area contributed by atoms with E-state index < -0.39 is 0 Å². The van der Waals surface area contributed by atoms with Crippen LogP contribution in [0.3, 0.4) is 0 Å². The summed E-state index contributed by atoms with van der Waals surface area (Å²) < 4.78 is 0. The summed E-state index contributed by atoms with van der Waals surface area (Å²) in [5, 5.41) is 2.94. The molecule has 2 aromatic rings. The van der Waals surface area contributed by atoms with E-state index in [0.29, 0.717) is 11.5 Å². The van der Waals surface area contributed by atoms with E-state index in [0.717, 1.165) is 19.3 Å². The van der Waals surface area contributed by atoms with Crippen molar-refractivity contribution in [3.63, 3.8) is 0 Å². The molecule has 1 amide bonds. The van der Waals surface area contributed by atoms with Gasteiger partial charge in [-0.05, 0) is 37.0 Å². The maximum absolute atomic E-state index is 12.4. The summed E-state index contributed by atoms with van der Waals surface area (Å²) in [7, 11) is 0. The summed E-state index contributed by atoms with van der Waals surface area (Å²) in [6, 6.07) is 13.6. The van der Waals surface area contributed by atoms with Gasteiger partial charge in [0.2, 0.25) is 5.91 Å². The van der Waals surface area contributed by atoms with Crippen molar-refractivity contribution in [2.75, 3.05) is 11.1 Å². The molecule has 3 N–H and O–H groups in total. The number of rotatable bonds is 4. The first-order valence-electron chi connectivity index (χ1n) is 6.75. The molecule has 0 bridgehead atoms. The van der Waals surface area contributed by atoms with Gasteiger partial charge in [-0.2, -0.15) is 0 Å². The van der Waals surface area contributed by atoms with Gasteiger partial charge in [0, 0.05) is 0 Å². The Morgan fingerprint density at radius 2 is 1.95 bits per heavy atom. The van der Waals surface area contributed by atoms with Crippen molar-refractivity contribution >= 4 is 17.4 Å². The van der Waals surface area contributed by atoms with Gasteiger partial charge in [0.15, 0.2) is 0 Å². The number of nitrogens with two attached hydrogens (primary N) is 1.